The fourth-order valence-electron chi connectivity index (χ4n) is 5.81. The molecule has 1 saturated carbocycles. The largest absolute Gasteiger partial charge is 0.378 e. The third-order valence-electron chi connectivity index (χ3n) is 7.85. The lowest BCUT2D eigenvalue weighted by molar-refractivity contribution is 0.122. The van der Waals surface area contributed by atoms with Crippen molar-refractivity contribution in [3.05, 3.63) is 41.7 Å². The summed E-state index contributed by atoms with van der Waals surface area (Å²) in [7, 11) is 0. The number of hydrogen-bond acceptors (Lipinski definition) is 6. The normalized spacial score (nSPS) is 21.9. The maximum absolute atomic E-state index is 13.5. The summed E-state index contributed by atoms with van der Waals surface area (Å²) in [6, 6.07) is 9.05. The fraction of sp³-hybridized carbons (Fsp3) is 0.593. The zero-order valence-electron chi connectivity index (χ0n) is 21.1. The molecule has 2 aromatic rings. The molecule has 0 radical (unpaired) electrons. The highest BCUT2D eigenvalue weighted by atomic mass is 32.1. The molecule has 1 aromatic heterocycles. The number of ether oxygens (including phenoxy) is 1. The molecule has 1 atom stereocenters. The summed E-state index contributed by atoms with van der Waals surface area (Å²) in [6.07, 6.45) is 6.89. The lowest BCUT2D eigenvalue weighted by Gasteiger charge is -2.33. The number of rotatable bonds is 6. The van der Waals surface area contributed by atoms with E-state index in [2.05, 4.69) is 33.4 Å². The van der Waals surface area contributed by atoms with E-state index in [1.165, 1.54) is 31.2 Å². The van der Waals surface area contributed by atoms with Gasteiger partial charge in [0.1, 0.15) is 17.5 Å². The number of halogens is 1. The van der Waals surface area contributed by atoms with Crippen LogP contribution in [0.3, 0.4) is 0 Å². The second-order valence-electron chi connectivity index (χ2n) is 10.5. The van der Waals surface area contributed by atoms with Gasteiger partial charge in [0.05, 0.1) is 13.2 Å². The number of nitrogens with one attached hydrogen (secondary N) is 2. The average Bonchev–Trinajstić information content (AvgIpc) is 3.38. The second kappa shape index (κ2) is 11.3. The van der Waals surface area contributed by atoms with Crippen LogP contribution in [0.15, 0.2) is 30.3 Å². The van der Waals surface area contributed by atoms with Crippen molar-refractivity contribution >= 4 is 34.9 Å². The van der Waals surface area contributed by atoms with Gasteiger partial charge < -0.3 is 25.2 Å². The van der Waals surface area contributed by atoms with Crippen LogP contribution in [-0.4, -0.2) is 61.0 Å². The topological polar surface area (TPSA) is 65.6 Å². The zero-order chi connectivity index (χ0) is 25.0. The quantitative estimate of drug-likeness (QED) is 0.549. The van der Waals surface area contributed by atoms with Crippen LogP contribution in [-0.2, 0) is 10.2 Å². The molecular formula is C27H37FN6OS. The Bertz CT molecular complexity index is 1040. The van der Waals surface area contributed by atoms with Gasteiger partial charge in [0.25, 0.3) is 0 Å². The smallest absolute Gasteiger partial charge is 0.232 e. The first-order valence-corrected chi connectivity index (χ1v) is 13.7. The number of hydrogen-bond donors (Lipinski definition) is 2. The number of benzene rings is 1. The van der Waals surface area contributed by atoms with Crippen LogP contribution >= 0.6 is 12.2 Å². The number of morpholine rings is 1. The van der Waals surface area contributed by atoms with E-state index in [0.29, 0.717) is 36.7 Å². The highest BCUT2D eigenvalue weighted by Gasteiger charge is 2.35. The van der Waals surface area contributed by atoms with E-state index in [1.807, 2.05) is 12.1 Å². The molecule has 1 aliphatic carbocycles. The van der Waals surface area contributed by atoms with E-state index in [-0.39, 0.29) is 11.2 Å². The van der Waals surface area contributed by atoms with Gasteiger partial charge in [-0.1, -0.05) is 31.9 Å². The number of aromatic nitrogens is 2. The van der Waals surface area contributed by atoms with Gasteiger partial charge in [0, 0.05) is 44.2 Å². The Kier molecular flexibility index (Phi) is 7.86. The lowest BCUT2D eigenvalue weighted by atomic mass is 9.79. The minimum absolute atomic E-state index is 0.0367. The summed E-state index contributed by atoms with van der Waals surface area (Å²) in [5.74, 6) is 2.82. The van der Waals surface area contributed by atoms with Gasteiger partial charge >= 0.3 is 0 Å². The van der Waals surface area contributed by atoms with Crippen molar-refractivity contribution in [2.75, 3.05) is 61.1 Å². The van der Waals surface area contributed by atoms with Gasteiger partial charge in [-0.2, -0.15) is 9.97 Å². The second-order valence-corrected chi connectivity index (χ2v) is 10.9. The molecule has 9 heteroatoms. The van der Waals surface area contributed by atoms with Crippen LogP contribution in [0.4, 0.5) is 22.0 Å². The predicted octanol–water partition coefficient (Wildman–Crippen LogP) is 4.49. The van der Waals surface area contributed by atoms with Crippen molar-refractivity contribution in [3.8, 4) is 0 Å². The Morgan fingerprint density at radius 1 is 1.06 bits per heavy atom. The molecule has 0 amide bonds. The SMILES string of the molecule is C[C@@H]1CCCN(c2cc(N3CCOCC3)nc(NC(=S)NCC3(c4ccc(F)cc4)CCCC3)n2)C1. The van der Waals surface area contributed by atoms with Crippen molar-refractivity contribution in [1.29, 1.82) is 0 Å². The predicted molar refractivity (Wildman–Crippen MR) is 146 cm³/mol. The Morgan fingerprint density at radius 2 is 1.75 bits per heavy atom. The number of thiocarbonyl (C=S) groups is 1. The Labute approximate surface area is 218 Å². The number of piperidine rings is 1. The Morgan fingerprint density at radius 3 is 2.44 bits per heavy atom. The van der Waals surface area contributed by atoms with Gasteiger partial charge in [-0.25, -0.2) is 4.39 Å². The van der Waals surface area contributed by atoms with Crippen LogP contribution in [0.25, 0.3) is 0 Å². The van der Waals surface area contributed by atoms with Gasteiger partial charge in [-0.05, 0) is 61.5 Å². The molecule has 3 heterocycles. The molecular weight excluding hydrogens is 475 g/mol. The summed E-state index contributed by atoms with van der Waals surface area (Å²) in [6.45, 7) is 8.04. The Hall–Kier alpha value is -2.52. The van der Waals surface area contributed by atoms with Crippen molar-refractivity contribution < 1.29 is 9.13 Å². The highest BCUT2D eigenvalue weighted by molar-refractivity contribution is 7.80. The van der Waals surface area contributed by atoms with Crippen LogP contribution < -0.4 is 20.4 Å². The maximum Gasteiger partial charge on any atom is 0.232 e. The third-order valence-corrected chi connectivity index (χ3v) is 8.09. The Balaban J connectivity index is 1.31. The van der Waals surface area contributed by atoms with E-state index in [9.17, 15) is 4.39 Å². The summed E-state index contributed by atoms with van der Waals surface area (Å²) >= 11 is 5.70. The average molecular weight is 513 g/mol. The van der Waals surface area contributed by atoms with Gasteiger partial charge in [-0.3, -0.25) is 0 Å². The van der Waals surface area contributed by atoms with Crippen LogP contribution in [0.1, 0.15) is 51.0 Å². The molecule has 2 aliphatic heterocycles. The first-order chi connectivity index (χ1) is 17.5. The van der Waals surface area contributed by atoms with Crippen LogP contribution in [0.5, 0.6) is 0 Å². The summed E-state index contributed by atoms with van der Waals surface area (Å²) in [5.41, 5.74) is 1.13. The van der Waals surface area contributed by atoms with Crippen molar-refractivity contribution in [1.82, 2.24) is 15.3 Å². The molecule has 5 rings (SSSR count). The molecule has 3 aliphatic rings. The standard InChI is InChI=1S/C27H37FN6OS/c1-20-5-4-12-34(18-20)24-17-23(33-13-15-35-16-14-33)30-25(31-24)32-26(36)29-19-27(10-2-3-11-27)21-6-8-22(28)9-7-21/h6-9,17,20H,2-5,10-16,18-19H2,1H3,(H2,29,30,31,32,36)/t20-/m1/s1. The zero-order valence-corrected chi connectivity index (χ0v) is 22.0. The minimum atomic E-state index is -0.201. The monoisotopic (exact) mass is 512 g/mol. The van der Waals surface area contributed by atoms with E-state index >= 15 is 0 Å². The van der Waals surface area contributed by atoms with Crippen LogP contribution in [0, 0.1) is 11.7 Å². The molecule has 36 heavy (non-hydrogen) atoms. The first kappa shape index (κ1) is 25.1. The third kappa shape index (κ3) is 5.89. The number of nitrogens with zero attached hydrogens (tertiary/aromatic N) is 4. The van der Waals surface area contributed by atoms with E-state index in [1.54, 1.807) is 12.1 Å². The molecule has 1 aromatic carbocycles. The molecule has 0 spiro atoms. The van der Waals surface area contributed by atoms with Crippen molar-refractivity contribution in [3.63, 3.8) is 0 Å². The molecule has 0 bridgehead atoms. The maximum atomic E-state index is 13.5. The van der Waals surface area contributed by atoms with Gasteiger partial charge in [-0.15, -0.1) is 0 Å². The molecule has 2 saturated heterocycles. The molecule has 7 nitrogen and oxygen atoms in total. The van der Waals surface area contributed by atoms with Crippen molar-refractivity contribution in [2.45, 2.75) is 50.9 Å². The number of anilines is 3. The van der Waals surface area contributed by atoms with E-state index in [0.717, 1.165) is 50.7 Å². The van der Waals surface area contributed by atoms with Crippen molar-refractivity contribution in [2.24, 2.45) is 5.92 Å². The summed E-state index contributed by atoms with van der Waals surface area (Å²) < 4.78 is 19.1. The fourth-order valence-corrected chi connectivity index (χ4v) is 5.97. The van der Waals surface area contributed by atoms with Gasteiger partial charge in [0.2, 0.25) is 5.95 Å². The highest BCUT2D eigenvalue weighted by Crippen LogP contribution is 2.40. The first-order valence-electron chi connectivity index (χ1n) is 13.3. The molecule has 3 fully saturated rings. The summed E-state index contributed by atoms with van der Waals surface area (Å²) in [4.78, 5) is 14.3. The summed E-state index contributed by atoms with van der Waals surface area (Å²) in [5, 5.41) is 7.21. The molecule has 0 unspecified atom stereocenters. The lowest BCUT2D eigenvalue weighted by Crippen LogP contribution is -2.41. The van der Waals surface area contributed by atoms with Gasteiger partial charge in [0.15, 0.2) is 5.11 Å². The van der Waals surface area contributed by atoms with E-state index < -0.39 is 0 Å². The molecule has 194 valence electrons. The van der Waals surface area contributed by atoms with Crippen LogP contribution in [0.2, 0.25) is 0 Å². The van der Waals surface area contributed by atoms with E-state index in [4.69, 9.17) is 26.9 Å². The molecule has 2 N–H and O–H groups in total. The minimum Gasteiger partial charge on any atom is -0.378 e.